The monoisotopic (exact) mass is 279 g/mol. The van der Waals surface area contributed by atoms with Crippen molar-refractivity contribution < 1.29 is 8.42 Å². The molecule has 7 nitrogen and oxygen atoms in total. The van der Waals surface area contributed by atoms with E-state index in [-0.39, 0.29) is 11.2 Å². The maximum atomic E-state index is 11.5. The van der Waals surface area contributed by atoms with Crippen LogP contribution in [0.15, 0.2) is 23.6 Å². The van der Waals surface area contributed by atoms with Crippen LogP contribution >= 0.6 is 0 Å². The lowest BCUT2D eigenvalue weighted by atomic mass is 10.2. The third-order valence-electron chi connectivity index (χ3n) is 2.96. The molecule has 0 aromatic carbocycles. The Morgan fingerprint density at radius 2 is 2.05 bits per heavy atom. The van der Waals surface area contributed by atoms with E-state index < -0.39 is 10.0 Å². The zero-order valence-electron chi connectivity index (χ0n) is 10.3. The lowest BCUT2D eigenvalue weighted by Crippen LogP contribution is -2.18. The minimum Gasteiger partial charge on any atom is -0.294 e. The van der Waals surface area contributed by atoms with Crippen molar-refractivity contribution in [2.75, 3.05) is 0 Å². The van der Waals surface area contributed by atoms with Crippen LogP contribution < -0.4 is 5.14 Å². The lowest BCUT2D eigenvalue weighted by molar-refractivity contribution is 0.567. The number of hydrogen-bond acceptors (Lipinski definition) is 5. The molecule has 8 heteroatoms. The summed E-state index contributed by atoms with van der Waals surface area (Å²) in [6.07, 6.45) is 5.18. The second-order valence-electron chi connectivity index (χ2n) is 4.70. The number of hydrogen-bond donors (Lipinski definition) is 1. The molecule has 0 saturated heterocycles. The standard InChI is InChI=1S/C11H13N5O2S/c1-7-4-8(6-13-5-7)10-14-15-11(19(12,17)18)16(10)9-2-3-9/h4-6,9H,2-3H2,1H3,(H2,12,17,18). The molecule has 1 aliphatic rings. The molecule has 3 rings (SSSR count). The Morgan fingerprint density at radius 1 is 1.32 bits per heavy atom. The normalized spacial score (nSPS) is 15.7. The molecule has 0 aliphatic heterocycles. The summed E-state index contributed by atoms with van der Waals surface area (Å²) in [7, 11) is -3.87. The van der Waals surface area contributed by atoms with Gasteiger partial charge in [-0.25, -0.2) is 13.6 Å². The van der Waals surface area contributed by atoms with Crippen molar-refractivity contribution in [3.05, 3.63) is 24.0 Å². The van der Waals surface area contributed by atoms with Gasteiger partial charge >= 0.3 is 0 Å². The van der Waals surface area contributed by atoms with Gasteiger partial charge in [-0.2, -0.15) is 0 Å². The summed E-state index contributed by atoms with van der Waals surface area (Å²) in [5.41, 5.74) is 1.72. The van der Waals surface area contributed by atoms with Crippen molar-refractivity contribution in [2.45, 2.75) is 31.0 Å². The summed E-state index contributed by atoms with van der Waals surface area (Å²) in [4.78, 5) is 4.09. The predicted octanol–water partition coefficient (Wildman–Crippen LogP) is 0.631. The van der Waals surface area contributed by atoms with E-state index in [1.807, 2.05) is 13.0 Å². The van der Waals surface area contributed by atoms with E-state index in [1.165, 1.54) is 0 Å². The van der Waals surface area contributed by atoms with Gasteiger partial charge in [-0.3, -0.25) is 9.55 Å². The van der Waals surface area contributed by atoms with Crippen molar-refractivity contribution in [3.8, 4) is 11.4 Å². The van der Waals surface area contributed by atoms with Gasteiger partial charge in [0.2, 0.25) is 0 Å². The van der Waals surface area contributed by atoms with Crippen LogP contribution in [-0.2, 0) is 10.0 Å². The number of nitrogens with two attached hydrogens (primary N) is 1. The Morgan fingerprint density at radius 3 is 2.63 bits per heavy atom. The number of aryl methyl sites for hydroxylation is 1. The number of nitrogens with zero attached hydrogens (tertiary/aromatic N) is 4. The third kappa shape index (κ3) is 2.24. The van der Waals surface area contributed by atoms with E-state index in [1.54, 1.807) is 17.0 Å². The molecule has 2 aromatic heterocycles. The number of rotatable bonds is 3. The first kappa shape index (κ1) is 12.2. The Kier molecular flexibility index (Phi) is 2.64. The van der Waals surface area contributed by atoms with Crippen LogP contribution in [0.5, 0.6) is 0 Å². The maximum Gasteiger partial charge on any atom is 0.273 e. The smallest absolute Gasteiger partial charge is 0.273 e. The maximum absolute atomic E-state index is 11.5. The summed E-state index contributed by atoms with van der Waals surface area (Å²) in [5.74, 6) is 0.503. The number of primary sulfonamides is 1. The molecule has 0 spiro atoms. The fraction of sp³-hybridized carbons (Fsp3) is 0.364. The van der Waals surface area contributed by atoms with Crippen molar-refractivity contribution in [2.24, 2.45) is 5.14 Å². The van der Waals surface area contributed by atoms with Gasteiger partial charge in [-0.1, -0.05) is 0 Å². The van der Waals surface area contributed by atoms with Crippen molar-refractivity contribution in [1.29, 1.82) is 0 Å². The fourth-order valence-corrected chi connectivity index (χ4v) is 2.67. The van der Waals surface area contributed by atoms with Gasteiger partial charge in [0.15, 0.2) is 5.82 Å². The van der Waals surface area contributed by atoms with Gasteiger partial charge in [-0.05, 0) is 31.4 Å². The average molecular weight is 279 g/mol. The molecular formula is C11H13N5O2S. The zero-order chi connectivity index (χ0) is 13.6. The highest BCUT2D eigenvalue weighted by Crippen LogP contribution is 2.39. The van der Waals surface area contributed by atoms with Crippen LogP contribution in [-0.4, -0.2) is 28.2 Å². The highest BCUT2D eigenvalue weighted by molar-refractivity contribution is 7.89. The Balaban J connectivity index is 2.20. The third-order valence-corrected chi connectivity index (χ3v) is 3.75. The first-order valence-electron chi connectivity index (χ1n) is 5.86. The van der Waals surface area contributed by atoms with Crippen molar-refractivity contribution in [3.63, 3.8) is 0 Å². The summed E-state index contributed by atoms with van der Waals surface area (Å²) < 4.78 is 24.7. The van der Waals surface area contributed by atoms with Gasteiger partial charge in [0.05, 0.1) is 0 Å². The van der Waals surface area contributed by atoms with E-state index in [4.69, 9.17) is 5.14 Å². The highest BCUT2D eigenvalue weighted by atomic mass is 32.2. The van der Waals surface area contributed by atoms with E-state index in [2.05, 4.69) is 15.2 Å². The van der Waals surface area contributed by atoms with E-state index in [9.17, 15) is 8.42 Å². The van der Waals surface area contributed by atoms with Crippen LogP contribution in [0.3, 0.4) is 0 Å². The molecule has 1 saturated carbocycles. The second kappa shape index (κ2) is 4.10. The van der Waals surface area contributed by atoms with Gasteiger partial charge in [0.25, 0.3) is 15.2 Å². The summed E-state index contributed by atoms with van der Waals surface area (Å²) in [6.45, 7) is 1.91. The van der Waals surface area contributed by atoms with Crippen LogP contribution in [0.2, 0.25) is 0 Å². The fourth-order valence-electron chi connectivity index (χ4n) is 2.01. The van der Waals surface area contributed by atoms with Crippen molar-refractivity contribution in [1.82, 2.24) is 19.7 Å². The largest absolute Gasteiger partial charge is 0.294 e. The first-order chi connectivity index (χ1) is 8.97. The van der Waals surface area contributed by atoms with Crippen LogP contribution in [0.1, 0.15) is 24.4 Å². The molecule has 100 valence electrons. The average Bonchev–Trinajstić information content (AvgIpc) is 3.06. The molecule has 19 heavy (non-hydrogen) atoms. The summed E-state index contributed by atoms with van der Waals surface area (Å²) in [6, 6.07) is 2.00. The molecule has 0 bridgehead atoms. The summed E-state index contributed by atoms with van der Waals surface area (Å²) >= 11 is 0. The minimum absolute atomic E-state index is 0.110. The van der Waals surface area contributed by atoms with Crippen LogP contribution in [0, 0.1) is 6.92 Å². The van der Waals surface area contributed by atoms with Gasteiger partial charge in [0.1, 0.15) is 0 Å². The molecule has 2 N–H and O–H groups in total. The molecule has 1 aliphatic carbocycles. The number of pyridine rings is 1. The Labute approximate surface area is 110 Å². The Bertz CT molecular complexity index is 733. The Hall–Kier alpha value is -1.80. The molecule has 0 atom stereocenters. The van der Waals surface area contributed by atoms with E-state index >= 15 is 0 Å². The second-order valence-corrected chi connectivity index (χ2v) is 6.16. The van der Waals surface area contributed by atoms with E-state index in [0.29, 0.717) is 5.82 Å². The molecule has 0 radical (unpaired) electrons. The molecule has 1 fully saturated rings. The molecule has 2 heterocycles. The molecule has 0 amide bonds. The first-order valence-corrected chi connectivity index (χ1v) is 7.41. The van der Waals surface area contributed by atoms with Crippen LogP contribution in [0.4, 0.5) is 0 Å². The lowest BCUT2D eigenvalue weighted by Gasteiger charge is -2.07. The highest BCUT2D eigenvalue weighted by Gasteiger charge is 2.33. The number of sulfonamides is 1. The van der Waals surface area contributed by atoms with Gasteiger partial charge < -0.3 is 0 Å². The van der Waals surface area contributed by atoms with Gasteiger partial charge in [0, 0.05) is 24.0 Å². The topological polar surface area (TPSA) is 104 Å². The zero-order valence-corrected chi connectivity index (χ0v) is 11.1. The quantitative estimate of drug-likeness (QED) is 0.887. The van der Waals surface area contributed by atoms with Crippen molar-refractivity contribution >= 4 is 10.0 Å². The predicted molar refractivity (Wildman–Crippen MR) is 67.6 cm³/mol. The molecule has 0 unspecified atom stereocenters. The SMILES string of the molecule is Cc1cncc(-c2nnc(S(N)(=O)=O)n2C2CC2)c1. The summed E-state index contributed by atoms with van der Waals surface area (Å²) in [5, 5.41) is 12.7. The number of aromatic nitrogens is 4. The van der Waals surface area contributed by atoms with E-state index in [0.717, 1.165) is 24.0 Å². The molecular weight excluding hydrogens is 266 g/mol. The minimum atomic E-state index is -3.87. The molecule has 2 aromatic rings. The van der Waals surface area contributed by atoms with Gasteiger partial charge in [-0.15, -0.1) is 10.2 Å². The van der Waals surface area contributed by atoms with Crippen LogP contribution in [0.25, 0.3) is 11.4 Å².